The van der Waals surface area contributed by atoms with E-state index in [1.807, 2.05) is 67.6 Å². The molecule has 3 nitrogen and oxygen atoms in total. The van der Waals surface area contributed by atoms with Gasteiger partial charge in [0.1, 0.15) is 0 Å². The zero-order chi connectivity index (χ0) is 18.5. The average molecular weight is 366 g/mol. The van der Waals surface area contributed by atoms with Gasteiger partial charge in [0, 0.05) is 17.0 Å². The minimum Gasteiger partial charge on any atom is -0.462 e. The number of carbonyl (C=O) groups excluding carboxylic acids is 1. The number of hydrogen-bond donors (Lipinski definition) is 0. The smallest absolute Gasteiger partial charge is 0.340 e. The normalized spacial score (nSPS) is 10.6. The number of rotatable bonds is 5. The van der Waals surface area contributed by atoms with Gasteiger partial charge in [-0.3, -0.25) is 4.98 Å². The summed E-state index contributed by atoms with van der Waals surface area (Å²) < 4.78 is 5.25. The summed E-state index contributed by atoms with van der Waals surface area (Å²) in [5, 5.41) is 0.654. The van der Waals surface area contributed by atoms with Crippen molar-refractivity contribution >= 4 is 17.6 Å². The maximum Gasteiger partial charge on any atom is 0.340 e. The molecule has 1 aromatic heterocycles. The van der Waals surface area contributed by atoms with Crippen molar-refractivity contribution in [2.24, 2.45) is 0 Å². The summed E-state index contributed by atoms with van der Waals surface area (Å²) in [4.78, 5) is 17.3. The van der Waals surface area contributed by atoms with E-state index in [0.29, 0.717) is 29.3 Å². The Kier molecular flexibility index (Phi) is 5.69. The molecule has 132 valence electrons. The lowest BCUT2D eigenvalue weighted by molar-refractivity contribution is 0.0524. The monoisotopic (exact) mass is 365 g/mol. The van der Waals surface area contributed by atoms with Gasteiger partial charge < -0.3 is 4.74 Å². The summed E-state index contributed by atoms with van der Waals surface area (Å²) in [7, 11) is 0. The Balaban J connectivity index is 2.11. The molecule has 3 aromatic rings. The van der Waals surface area contributed by atoms with Crippen molar-refractivity contribution in [3.05, 3.63) is 88.1 Å². The first kappa shape index (κ1) is 18.2. The van der Waals surface area contributed by atoms with Crippen LogP contribution in [0.25, 0.3) is 11.3 Å². The maximum atomic E-state index is 12.5. The minimum absolute atomic E-state index is 0.332. The zero-order valence-corrected chi connectivity index (χ0v) is 15.6. The Bertz CT molecular complexity index is 923. The van der Waals surface area contributed by atoms with E-state index in [1.165, 1.54) is 0 Å². The minimum atomic E-state index is -0.332. The molecule has 0 aliphatic rings. The number of aromatic nitrogens is 1. The Morgan fingerprint density at radius 3 is 2.54 bits per heavy atom. The van der Waals surface area contributed by atoms with Crippen LogP contribution in [0.15, 0.2) is 60.7 Å². The highest BCUT2D eigenvalue weighted by Crippen LogP contribution is 2.26. The molecule has 1 heterocycles. The van der Waals surface area contributed by atoms with Gasteiger partial charge in [0.05, 0.1) is 23.6 Å². The van der Waals surface area contributed by atoms with Crippen LogP contribution >= 0.6 is 11.6 Å². The van der Waals surface area contributed by atoms with Crippen LogP contribution in [-0.4, -0.2) is 17.6 Å². The lowest BCUT2D eigenvalue weighted by Crippen LogP contribution is -2.13. The Hall–Kier alpha value is -2.65. The second-order valence-corrected chi connectivity index (χ2v) is 6.48. The van der Waals surface area contributed by atoms with Crippen LogP contribution in [0.3, 0.4) is 0 Å². The summed E-state index contributed by atoms with van der Waals surface area (Å²) in [6.45, 7) is 4.05. The first-order valence-corrected chi connectivity index (χ1v) is 8.93. The Morgan fingerprint density at radius 2 is 1.85 bits per heavy atom. The number of hydrogen-bond acceptors (Lipinski definition) is 3. The van der Waals surface area contributed by atoms with Crippen molar-refractivity contribution in [3.8, 4) is 11.3 Å². The van der Waals surface area contributed by atoms with Gasteiger partial charge in [-0.2, -0.15) is 0 Å². The van der Waals surface area contributed by atoms with Gasteiger partial charge in [-0.25, -0.2) is 4.79 Å². The third-order valence-electron chi connectivity index (χ3n) is 4.11. The lowest BCUT2D eigenvalue weighted by atomic mass is 9.99. The molecule has 0 radical (unpaired) electrons. The molecule has 26 heavy (non-hydrogen) atoms. The van der Waals surface area contributed by atoms with Crippen molar-refractivity contribution in [2.75, 3.05) is 6.61 Å². The van der Waals surface area contributed by atoms with Gasteiger partial charge in [0.2, 0.25) is 0 Å². The molecule has 0 unspecified atom stereocenters. The Labute approximate surface area is 158 Å². The second kappa shape index (κ2) is 8.15. The quantitative estimate of drug-likeness (QED) is 0.562. The van der Waals surface area contributed by atoms with Crippen LogP contribution in [-0.2, 0) is 11.2 Å². The highest BCUT2D eigenvalue weighted by atomic mass is 35.5. The summed E-state index contributed by atoms with van der Waals surface area (Å²) in [5.74, 6) is -0.332. The summed E-state index contributed by atoms with van der Waals surface area (Å²) in [6, 6.07) is 19.4. The molecular formula is C22H20ClNO2. The molecule has 0 spiro atoms. The first-order chi connectivity index (χ1) is 12.6. The van der Waals surface area contributed by atoms with E-state index in [-0.39, 0.29) is 5.97 Å². The molecule has 0 saturated heterocycles. The molecule has 0 amide bonds. The van der Waals surface area contributed by atoms with E-state index in [4.69, 9.17) is 21.3 Å². The number of carbonyl (C=O) groups is 1. The topological polar surface area (TPSA) is 39.2 Å². The van der Waals surface area contributed by atoms with Crippen molar-refractivity contribution in [3.63, 3.8) is 0 Å². The van der Waals surface area contributed by atoms with Crippen molar-refractivity contribution in [2.45, 2.75) is 20.3 Å². The number of esters is 1. The van der Waals surface area contributed by atoms with E-state index in [0.717, 1.165) is 22.4 Å². The number of halogens is 1. The molecular weight excluding hydrogens is 346 g/mol. The predicted molar refractivity (Wildman–Crippen MR) is 105 cm³/mol. The Morgan fingerprint density at radius 1 is 1.08 bits per heavy atom. The average Bonchev–Trinajstić information content (AvgIpc) is 2.62. The first-order valence-electron chi connectivity index (χ1n) is 8.56. The fourth-order valence-corrected chi connectivity index (χ4v) is 3.12. The number of ether oxygens (including phenoxy) is 1. The van der Waals surface area contributed by atoms with Gasteiger partial charge in [0.15, 0.2) is 0 Å². The number of aryl methyl sites for hydroxylation is 1. The molecule has 2 aromatic carbocycles. The molecule has 0 atom stereocenters. The van der Waals surface area contributed by atoms with Crippen LogP contribution in [0.5, 0.6) is 0 Å². The maximum absolute atomic E-state index is 12.5. The fraction of sp³-hybridized carbons (Fsp3) is 0.182. The van der Waals surface area contributed by atoms with Gasteiger partial charge in [-0.15, -0.1) is 0 Å². The third-order valence-corrected chi connectivity index (χ3v) is 4.34. The van der Waals surface area contributed by atoms with Crippen LogP contribution in [0.2, 0.25) is 5.02 Å². The number of pyridine rings is 1. The fourth-order valence-electron chi connectivity index (χ4n) is 2.93. The molecule has 0 fully saturated rings. The number of benzene rings is 2. The summed E-state index contributed by atoms with van der Waals surface area (Å²) >= 11 is 6.13. The summed E-state index contributed by atoms with van der Waals surface area (Å²) in [5.41, 5.74) is 4.91. The highest BCUT2D eigenvalue weighted by molar-refractivity contribution is 6.30. The molecule has 0 aliphatic carbocycles. The van der Waals surface area contributed by atoms with Crippen molar-refractivity contribution in [1.82, 2.24) is 4.98 Å². The predicted octanol–water partition coefficient (Wildman–Crippen LogP) is 5.48. The molecule has 0 bridgehead atoms. The largest absolute Gasteiger partial charge is 0.462 e. The second-order valence-electron chi connectivity index (χ2n) is 6.04. The van der Waals surface area contributed by atoms with Crippen molar-refractivity contribution < 1.29 is 9.53 Å². The van der Waals surface area contributed by atoms with Crippen LogP contribution in [0.4, 0.5) is 0 Å². The van der Waals surface area contributed by atoms with Crippen LogP contribution in [0, 0.1) is 6.92 Å². The highest BCUT2D eigenvalue weighted by Gasteiger charge is 2.19. The van der Waals surface area contributed by atoms with Crippen LogP contribution < -0.4 is 0 Å². The van der Waals surface area contributed by atoms with Crippen molar-refractivity contribution in [1.29, 1.82) is 0 Å². The molecule has 0 saturated carbocycles. The standard InChI is InChI=1S/C22H20ClNO2/c1-3-26-22(25)21-15(2)12-19(17-10-7-11-18(23)14-17)24-20(21)13-16-8-5-4-6-9-16/h4-12,14H,3,13H2,1-2H3. The van der Waals surface area contributed by atoms with E-state index >= 15 is 0 Å². The van der Waals surface area contributed by atoms with Gasteiger partial charge in [-0.05, 0) is 43.2 Å². The third kappa shape index (κ3) is 4.12. The molecule has 3 rings (SSSR count). The van der Waals surface area contributed by atoms with Gasteiger partial charge >= 0.3 is 5.97 Å². The number of nitrogens with zero attached hydrogens (tertiary/aromatic N) is 1. The van der Waals surface area contributed by atoms with E-state index < -0.39 is 0 Å². The molecule has 4 heteroatoms. The SMILES string of the molecule is CCOC(=O)c1c(C)cc(-c2cccc(Cl)c2)nc1Cc1ccccc1. The van der Waals surface area contributed by atoms with E-state index in [2.05, 4.69) is 0 Å². The zero-order valence-electron chi connectivity index (χ0n) is 14.8. The lowest BCUT2D eigenvalue weighted by Gasteiger charge is -2.14. The van der Waals surface area contributed by atoms with E-state index in [9.17, 15) is 4.79 Å². The molecule has 0 aliphatic heterocycles. The van der Waals surface area contributed by atoms with Gasteiger partial charge in [0.25, 0.3) is 0 Å². The van der Waals surface area contributed by atoms with Gasteiger partial charge in [-0.1, -0.05) is 54.1 Å². The summed E-state index contributed by atoms with van der Waals surface area (Å²) in [6.07, 6.45) is 0.560. The van der Waals surface area contributed by atoms with Crippen LogP contribution in [0.1, 0.15) is 34.1 Å². The molecule has 0 N–H and O–H groups in total. The van der Waals surface area contributed by atoms with E-state index in [1.54, 1.807) is 6.92 Å².